The number of hydrogen-bond donors (Lipinski definition) is 1. The highest BCUT2D eigenvalue weighted by Crippen LogP contribution is 2.16. The molecule has 0 aliphatic rings. The van der Waals surface area contributed by atoms with Gasteiger partial charge in [0.05, 0.1) is 11.1 Å². The molecule has 0 aliphatic carbocycles. The Morgan fingerprint density at radius 3 is 2.87 bits per heavy atom. The number of pyridine rings is 1. The van der Waals surface area contributed by atoms with Gasteiger partial charge in [-0.1, -0.05) is 23.4 Å². The lowest BCUT2D eigenvalue weighted by Gasteiger charge is -2.06. The highest BCUT2D eigenvalue weighted by Gasteiger charge is 2.14. The molecule has 2 heterocycles. The Balaban J connectivity index is 1.65. The van der Waals surface area contributed by atoms with Crippen LogP contribution in [-0.4, -0.2) is 28.6 Å². The number of ether oxygens (including phenoxy) is 1. The van der Waals surface area contributed by atoms with Crippen LogP contribution in [0.4, 0.5) is 5.82 Å². The summed E-state index contributed by atoms with van der Waals surface area (Å²) < 4.78 is 9.86. The van der Waals surface area contributed by atoms with Gasteiger partial charge in [0.25, 0.3) is 5.91 Å². The third-order valence-corrected chi connectivity index (χ3v) is 3.08. The second-order valence-electron chi connectivity index (χ2n) is 4.83. The second-order valence-corrected chi connectivity index (χ2v) is 4.83. The summed E-state index contributed by atoms with van der Waals surface area (Å²) in [5.41, 5.74) is 0.848. The van der Waals surface area contributed by atoms with E-state index in [-0.39, 0.29) is 5.82 Å². The molecule has 23 heavy (non-hydrogen) atoms. The minimum absolute atomic E-state index is 0.273. The van der Waals surface area contributed by atoms with Gasteiger partial charge in [0.1, 0.15) is 5.76 Å². The summed E-state index contributed by atoms with van der Waals surface area (Å²) in [5.74, 6) is -0.268. The lowest BCUT2D eigenvalue weighted by molar-refractivity contribution is -0.119. The van der Waals surface area contributed by atoms with Crippen molar-refractivity contribution in [2.75, 3.05) is 11.9 Å². The van der Waals surface area contributed by atoms with Gasteiger partial charge < -0.3 is 14.6 Å². The average molecular weight is 311 g/mol. The van der Waals surface area contributed by atoms with E-state index >= 15 is 0 Å². The summed E-state index contributed by atoms with van der Waals surface area (Å²) in [7, 11) is 0. The Hall–Kier alpha value is -3.22. The fourth-order valence-electron chi connectivity index (χ4n) is 2.08. The van der Waals surface area contributed by atoms with Crippen molar-refractivity contribution in [1.29, 1.82) is 0 Å². The van der Waals surface area contributed by atoms with Crippen LogP contribution in [0, 0.1) is 6.92 Å². The topological polar surface area (TPSA) is 94.3 Å². The number of rotatable bonds is 4. The van der Waals surface area contributed by atoms with Gasteiger partial charge in [0.15, 0.2) is 12.4 Å². The Morgan fingerprint density at radius 1 is 1.26 bits per heavy atom. The van der Waals surface area contributed by atoms with Crippen molar-refractivity contribution in [2.45, 2.75) is 6.92 Å². The molecule has 3 aromatic rings. The number of para-hydroxylation sites is 1. The van der Waals surface area contributed by atoms with Crippen molar-refractivity contribution in [3.8, 4) is 0 Å². The fraction of sp³-hybridized carbons (Fsp3) is 0.125. The van der Waals surface area contributed by atoms with Crippen LogP contribution in [0.5, 0.6) is 0 Å². The first kappa shape index (κ1) is 14.7. The first-order valence-corrected chi connectivity index (χ1v) is 6.87. The Morgan fingerprint density at radius 2 is 2.09 bits per heavy atom. The summed E-state index contributed by atoms with van der Waals surface area (Å²) in [4.78, 5) is 28.1. The van der Waals surface area contributed by atoms with Crippen LogP contribution in [0.1, 0.15) is 16.1 Å². The summed E-state index contributed by atoms with van der Waals surface area (Å²) in [5, 5.41) is 6.92. The zero-order valence-electron chi connectivity index (χ0n) is 12.3. The number of carbonyl (C=O) groups is 2. The molecule has 0 aliphatic heterocycles. The maximum absolute atomic E-state index is 12.1. The van der Waals surface area contributed by atoms with E-state index in [1.165, 1.54) is 0 Å². The van der Waals surface area contributed by atoms with Crippen molar-refractivity contribution in [3.05, 3.63) is 53.9 Å². The normalized spacial score (nSPS) is 10.5. The maximum atomic E-state index is 12.1. The van der Waals surface area contributed by atoms with E-state index in [1.807, 2.05) is 12.1 Å². The molecule has 0 fully saturated rings. The number of fused-ring (bicyclic) bond motifs is 1. The second kappa shape index (κ2) is 6.27. The quantitative estimate of drug-likeness (QED) is 0.743. The van der Waals surface area contributed by atoms with Crippen molar-refractivity contribution in [3.63, 3.8) is 0 Å². The summed E-state index contributed by atoms with van der Waals surface area (Å²) in [6.07, 6.45) is 1.60. The van der Waals surface area contributed by atoms with Crippen LogP contribution < -0.4 is 5.32 Å². The number of anilines is 1. The van der Waals surface area contributed by atoms with Crippen LogP contribution >= 0.6 is 0 Å². The van der Waals surface area contributed by atoms with Gasteiger partial charge in [-0.15, -0.1) is 0 Å². The Labute approximate surface area is 131 Å². The molecule has 0 atom stereocenters. The van der Waals surface area contributed by atoms with Gasteiger partial charge in [-0.2, -0.15) is 0 Å². The highest BCUT2D eigenvalue weighted by molar-refractivity contribution is 6.03. The molecule has 0 saturated heterocycles. The molecular formula is C16H13N3O4. The molecular weight excluding hydrogens is 298 g/mol. The molecule has 0 saturated carbocycles. The van der Waals surface area contributed by atoms with Crippen molar-refractivity contribution >= 4 is 28.6 Å². The number of nitrogens with zero attached hydrogens (tertiary/aromatic N) is 2. The highest BCUT2D eigenvalue weighted by atomic mass is 16.5. The number of aromatic nitrogens is 2. The standard InChI is InChI=1S/C16H13N3O4/c1-10-8-13(19-23-10)18-14(20)9-22-16(21)12-6-2-4-11-5-3-7-17-15(11)12/h2-8H,9H2,1H3,(H,18,19,20). The minimum atomic E-state index is -0.610. The van der Waals surface area contributed by atoms with Gasteiger partial charge in [-0.25, -0.2) is 4.79 Å². The van der Waals surface area contributed by atoms with Crippen molar-refractivity contribution in [2.24, 2.45) is 0 Å². The average Bonchev–Trinajstić information content (AvgIpc) is 2.97. The molecule has 1 N–H and O–H groups in total. The summed E-state index contributed by atoms with van der Waals surface area (Å²) >= 11 is 0. The molecule has 0 unspecified atom stereocenters. The largest absolute Gasteiger partial charge is 0.452 e. The number of esters is 1. The number of nitrogens with one attached hydrogen (secondary N) is 1. The van der Waals surface area contributed by atoms with Crippen LogP contribution in [0.2, 0.25) is 0 Å². The monoisotopic (exact) mass is 311 g/mol. The number of amides is 1. The van der Waals surface area contributed by atoms with Gasteiger partial charge >= 0.3 is 5.97 Å². The van der Waals surface area contributed by atoms with Crippen molar-refractivity contribution in [1.82, 2.24) is 10.1 Å². The van der Waals surface area contributed by atoms with Gasteiger partial charge in [-0.05, 0) is 19.1 Å². The zero-order chi connectivity index (χ0) is 16.2. The third kappa shape index (κ3) is 3.34. The molecule has 0 radical (unpaired) electrons. The molecule has 3 rings (SSSR count). The third-order valence-electron chi connectivity index (χ3n) is 3.08. The number of hydrogen-bond acceptors (Lipinski definition) is 6. The van der Waals surface area contributed by atoms with E-state index in [1.54, 1.807) is 37.4 Å². The van der Waals surface area contributed by atoms with Crippen LogP contribution in [-0.2, 0) is 9.53 Å². The Bertz CT molecular complexity index is 867. The zero-order valence-corrected chi connectivity index (χ0v) is 12.3. The molecule has 7 heteroatoms. The van der Waals surface area contributed by atoms with E-state index in [4.69, 9.17) is 9.26 Å². The fourth-order valence-corrected chi connectivity index (χ4v) is 2.08. The summed E-state index contributed by atoms with van der Waals surface area (Å²) in [6, 6.07) is 10.4. The predicted molar refractivity (Wildman–Crippen MR) is 81.9 cm³/mol. The van der Waals surface area contributed by atoms with Gasteiger partial charge in [0.2, 0.25) is 0 Å². The lowest BCUT2D eigenvalue weighted by Crippen LogP contribution is -2.21. The molecule has 1 amide bonds. The molecule has 2 aromatic heterocycles. The van der Waals surface area contributed by atoms with Crippen molar-refractivity contribution < 1.29 is 18.8 Å². The van der Waals surface area contributed by atoms with Crippen LogP contribution in [0.15, 0.2) is 47.1 Å². The van der Waals surface area contributed by atoms with E-state index < -0.39 is 18.5 Å². The molecule has 116 valence electrons. The van der Waals surface area contributed by atoms with Gasteiger partial charge in [0, 0.05) is 17.6 Å². The number of benzene rings is 1. The SMILES string of the molecule is Cc1cc(NC(=O)COC(=O)c2cccc3cccnc23)no1. The summed E-state index contributed by atoms with van der Waals surface area (Å²) in [6.45, 7) is 1.28. The molecule has 0 spiro atoms. The number of aryl methyl sites for hydroxylation is 1. The first-order chi connectivity index (χ1) is 11.1. The van der Waals surface area contributed by atoms with E-state index in [2.05, 4.69) is 15.5 Å². The van der Waals surface area contributed by atoms with Crippen LogP contribution in [0.25, 0.3) is 10.9 Å². The maximum Gasteiger partial charge on any atom is 0.340 e. The minimum Gasteiger partial charge on any atom is -0.452 e. The molecule has 1 aromatic carbocycles. The Kier molecular flexibility index (Phi) is 4.01. The lowest BCUT2D eigenvalue weighted by atomic mass is 10.1. The smallest absolute Gasteiger partial charge is 0.340 e. The first-order valence-electron chi connectivity index (χ1n) is 6.87. The molecule has 7 nitrogen and oxygen atoms in total. The van der Waals surface area contributed by atoms with E-state index in [9.17, 15) is 9.59 Å². The van der Waals surface area contributed by atoms with E-state index in [0.29, 0.717) is 16.8 Å². The predicted octanol–water partition coefficient (Wildman–Crippen LogP) is 2.33. The number of carbonyl (C=O) groups excluding carboxylic acids is 2. The van der Waals surface area contributed by atoms with Crippen LogP contribution in [0.3, 0.4) is 0 Å². The molecule has 0 bridgehead atoms. The van der Waals surface area contributed by atoms with E-state index in [0.717, 1.165) is 5.39 Å². The van der Waals surface area contributed by atoms with Gasteiger partial charge in [-0.3, -0.25) is 9.78 Å².